The topological polar surface area (TPSA) is 35.8 Å². The molecule has 1 atom stereocenters. The average Bonchev–Trinajstić information content (AvgIpc) is 2.56. The third-order valence-corrected chi connectivity index (χ3v) is 2.58. The van der Waals surface area contributed by atoms with Gasteiger partial charge in [0.05, 0.1) is 5.69 Å². The molecule has 3 nitrogen and oxygen atoms in total. The predicted molar refractivity (Wildman–Crippen MR) is 57.7 cm³/mol. The second-order valence-electron chi connectivity index (χ2n) is 3.97. The Balaban J connectivity index is 2.44. The van der Waals surface area contributed by atoms with Crippen LogP contribution in [-0.2, 0) is 0 Å². The normalized spacial score (nSPS) is 25.0. The molecule has 1 aliphatic rings. The van der Waals surface area contributed by atoms with E-state index >= 15 is 0 Å². The number of hydrogen-bond acceptors (Lipinski definition) is 3. The smallest absolute Gasteiger partial charge is 0.362 e. The summed E-state index contributed by atoms with van der Waals surface area (Å²) in [4.78, 5) is 0. The highest BCUT2D eigenvalue weighted by molar-refractivity contribution is 5.87. The van der Waals surface area contributed by atoms with Crippen LogP contribution in [0.15, 0.2) is 35.4 Å². The van der Waals surface area contributed by atoms with E-state index < -0.39 is 18.3 Å². The Labute approximate surface area is 96.2 Å². The van der Waals surface area contributed by atoms with Gasteiger partial charge in [0.15, 0.2) is 0 Å². The maximum atomic E-state index is 12.9. The Kier molecular flexibility index (Phi) is 2.61. The summed E-state index contributed by atoms with van der Waals surface area (Å²) in [7, 11) is 0. The molecule has 1 aromatic carbocycles. The Morgan fingerprint density at radius 3 is 2.41 bits per heavy atom. The number of halogens is 3. The molecular formula is C11H11F3N2O. The van der Waals surface area contributed by atoms with Gasteiger partial charge in [-0.05, 0) is 19.1 Å². The van der Waals surface area contributed by atoms with Gasteiger partial charge in [-0.3, -0.25) is 0 Å². The molecule has 0 saturated heterocycles. The summed E-state index contributed by atoms with van der Waals surface area (Å²) in [6, 6.07) is 7.81. The van der Waals surface area contributed by atoms with E-state index in [4.69, 9.17) is 0 Å². The van der Waals surface area contributed by atoms with Crippen molar-refractivity contribution in [2.75, 3.05) is 5.01 Å². The second-order valence-corrected chi connectivity index (χ2v) is 3.97. The van der Waals surface area contributed by atoms with Crippen molar-refractivity contribution in [1.82, 2.24) is 0 Å². The molecule has 0 aromatic heterocycles. The Bertz CT molecular complexity index is 444. The molecule has 1 aliphatic heterocycles. The minimum Gasteiger partial charge on any atom is -0.362 e. The minimum atomic E-state index is -4.76. The van der Waals surface area contributed by atoms with Gasteiger partial charge >= 0.3 is 6.18 Å². The lowest BCUT2D eigenvalue weighted by Gasteiger charge is -2.34. The van der Waals surface area contributed by atoms with Crippen LogP contribution in [0, 0.1) is 0 Å². The molecule has 6 heteroatoms. The SMILES string of the molecule is CC1=NN(c2ccccc2)C(O)(C(F)(F)F)C1. The van der Waals surface area contributed by atoms with Crippen LogP contribution in [-0.4, -0.2) is 22.7 Å². The van der Waals surface area contributed by atoms with Crippen molar-refractivity contribution in [1.29, 1.82) is 0 Å². The summed E-state index contributed by atoms with van der Waals surface area (Å²) in [5.74, 6) is 0. The van der Waals surface area contributed by atoms with Crippen LogP contribution < -0.4 is 5.01 Å². The van der Waals surface area contributed by atoms with Gasteiger partial charge in [-0.25, -0.2) is 5.01 Å². The van der Waals surface area contributed by atoms with Crippen LogP contribution in [0.5, 0.6) is 0 Å². The summed E-state index contributed by atoms with van der Waals surface area (Å²) in [6.07, 6.45) is -5.30. The van der Waals surface area contributed by atoms with Crippen molar-refractivity contribution in [2.24, 2.45) is 5.10 Å². The summed E-state index contributed by atoms with van der Waals surface area (Å²) in [5, 5.41) is 14.2. The lowest BCUT2D eigenvalue weighted by Crippen LogP contribution is -2.55. The second kappa shape index (κ2) is 3.73. The third kappa shape index (κ3) is 1.88. The summed E-state index contributed by atoms with van der Waals surface area (Å²) in [6.45, 7) is 1.46. The van der Waals surface area contributed by atoms with E-state index in [1.807, 2.05) is 0 Å². The molecular weight excluding hydrogens is 233 g/mol. The van der Waals surface area contributed by atoms with Crippen molar-refractivity contribution in [3.05, 3.63) is 30.3 Å². The van der Waals surface area contributed by atoms with Gasteiger partial charge in [0.2, 0.25) is 0 Å². The molecule has 17 heavy (non-hydrogen) atoms. The number of para-hydroxylation sites is 1. The molecule has 0 saturated carbocycles. The molecule has 0 radical (unpaired) electrons. The Morgan fingerprint density at radius 1 is 1.29 bits per heavy atom. The van der Waals surface area contributed by atoms with E-state index in [-0.39, 0.29) is 11.4 Å². The molecule has 1 unspecified atom stereocenters. The molecule has 0 aliphatic carbocycles. The standard InChI is InChI=1S/C11H11F3N2O/c1-8-7-10(17,11(12,13)14)16(15-8)9-5-3-2-4-6-9/h2-6,17H,7H2,1H3. The molecule has 1 heterocycles. The lowest BCUT2D eigenvalue weighted by atomic mass is 10.1. The molecule has 1 aromatic rings. The largest absolute Gasteiger partial charge is 0.438 e. The first kappa shape index (κ1) is 11.9. The van der Waals surface area contributed by atoms with E-state index in [0.717, 1.165) is 0 Å². The Hall–Kier alpha value is -1.56. The molecule has 0 fully saturated rings. The summed E-state index contributed by atoms with van der Waals surface area (Å²) in [5.41, 5.74) is -2.49. The number of hydrazone groups is 1. The molecule has 1 N–H and O–H groups in total. The maximum absolute atomic E-state index is 12.9. The number of rotatable bonds is 1. The van der Waals surface area contributed by atoms with Gasteiger partial charge in [0.1, 0.15) is 0 Å². The number of aliphatic hydroxyl groups is 1. The highest BCUT2D eigenvalue weighted by Crippen LogP contribution is 2.42. The van der Waals surface area contributed by atoms with Gasteiger partial charge in [-0.2, -0.15) is 18.3 Å². The third-order valence-electron chi connectivity index (χ3n) is 2.58. The zero-order valence-electron chi connectivity index (χ0n) is 9.07. The molecule has 0 bridgehead atoms. The fourth-order valence-electron chi connectivity index (χ4n) is 1.78. The van der Waals surface area contributed by atoms with E-state index in [9.17, 15) is 18.3 Å². The van der Waals surface area contributed by atoms with Crippen molar-refractivity contribution < 1.29 is 18.3 Å². The lowest BCUT2D eigenvalue weighted by molar-refractivity contribution is -0.254. The van der Waals surface area contributed by atoms with Crippen LogP contribution in [0.2, 0.25) is 0 Å². The number of nitrogens with zero attached hydrogens (tertiary/aromatic N) is 2. The zero-order valence-corrected chi connectivity index (χ0v) is 9.07. The number of anilines is 1. The summed E-state index contributed by atoms with van der Waals surface area (Å²) >= 11 is 0. The summed E-state index contributed by atoms with van der Waals surface area (Å²) < 4.78 is 38.7. The van der Waals surface area contributed by atoms with Crippen LogP contribution in [0.25, 0.3) is 0 Å². The van der Waals surface area contributed by atoms with Gasteiger partial charge in [0, 0.05) is 12.1 Å². The van der Waals surface area contributed by atoms with Crippen molar-refractivity contribution in [3.8, 4) is 0 Å². The van der Waals surface area contributed by atoms with E-state index in [1.54, 1.807) is 18.2 Å². The van der Waals surface area contributed by atoms with Crippen LogP contribution in [0.4, 0.5) is 18.9 Å². The highest BCUT2D eigenvalue weighted by Gasteiger charge is 2.61. The zero-order chi connectivity index (χ0) is 12.7. The molecule has 0 spiro atoms. The first-order valence-corrected chi connectivity index (χ1v) is 5.03. The monoisotopic (exact) mass is 244 g/mol. The van der Waals surface area contributed by atoms with Gasteiger partial charge < -0.3 is 5.11 Å². The van der Waals surface area contributed by atoms with Crippen LogP contribution >= 0.6 is 0 Å². The van der Waals surface area contributed by atoms with Crippen LogP contribution in [0.3, 0.4) is 0 Å². The van der Waals surface area contributed by atoms with Gasteiger partial charge in [-0.1, -0.05) is 18.2 Å². The first-order valence-electron chi connectivity index (χ1n) is 5.03. The number of hydrogen-bond donors (Lipinski definition) is 1. The molecule has 2 rings (SSSR count). The number of benzene rings is 1. The maximum Gasteiger partial charge on any atom is 0.438 e. The van der Waals surface area contributed by atoms with E-state index in [1.165, 1.54) is 19.1 Å². The van der Waals surface area contributed by atoms with E-state index in [2.05, 4.69) is 5.10 Å². The van der Waals surface area contributed by atoms with Crippen molar-refractivity contribution in [3.63, 3.8) is 0 Å². The van der Waals surface area contributed by atoms with Crippen molar-refractivity contribution >= 4 is 11.4 Å². The number of alkyl halides is 3. The fourth-order valence-corrected chi connectivity index (χ4v) is 1.78. The molecule has 92 valence electrons. The Morgan fingerprint density at radius 2 is 1.88 bits per heavy atom. The molecule has 0 amide bonds. The van der Waals surface area contributed by atoms with Crippen molar-refractivity contribution in [2.45, 2.75) is 25.2 Å². The highest BCUT2D eigenvalue weighted by atomic mass is 19.4. The average molecular weight is 244 g/mol. The minimum absolute atomic E-state index is 0.212. The quantitative estimate of drug-likeness (QED) is 0.824. The van der Waals surface area contributed by atoms with Gasteiger partial charge in [0.25, 0.3) is 5.72 Å². The van der Waals surface area contributed by atoms with Gasteiger partial charge in [-0.15, -0.1) is 0 Å². The fraction of sp³-hybridized carbons (Fsp3) is 0.364. The predicted octanol–water partition coefficient (Wildman–Crippen LogP) is 2.52. The van der Waals surface area contributed by atoms with Crippen LogP contribution in [0.1, 0.15) is 13.3 Å². The first-order chi connectivity index (χ1) is 7.84. The van der Waals surface area contributed by atoms with E-state index in [0.29, 0.717) is 5.01 Å².